The zero-order valence-corrected chi connectivity index (χ0v) is 11.8. The van der Waals surface area contributed by atoms with Gasteiger partial charge in [-0.3, -0.25) is 19.9 Å². The molecule has 108 valence electrons. The molecule has 2 aromatic rings. The molecule has 0 bridgehead atoms. The Labute approximate surface area is 125 Å². The van der Waals surface area contributed by atoms with Gasteiger partial charge in [0.2, 0.25) is 0 Å². The number of nitrogens with zero attached hydrogens (tertiary/aromatic N) is 3. The lowest BCUT2D eigenvalue weighted by atomic mass is 10.2. The van der Waals surface area contributed by atoms with Crippen LogP contribution < -0.4 is 5.32 Å². The van der Waals surface area contributed by atoms with Gasteiger partial charge in [0.25, 0.3) is 11.6 Å². The number of nitro groups is 1. The molecule has 0 aliphatic carbocycles. The summed E-state index contributed by atoms with van der Waals surface area (Å²) in [6.07, 6.45) is 2.59. The summed E-state index contributed by atoms with van der Waals surface area (Å²) in [5, 5.41) is 13.5. The zero-order chi connectivity index (χ0) is 15.4. The molecule has 0 aromatic carbocycles. The Hall–Kier alpha value is -2.54. The molecule has 0 aliphatic rings. The summed E-state index contributed by atoms with van der Waals surface area (Å²) in [5.74, 6) is -0.591. The quantitative estimate of drug-likeness (QED) is 0.531. The highest BCUT2D eigenvalue weighted by molar-refractivity contribution is 6.29. The molecule has 1 amide bonds. The van der Waals surface area contributed by atoms with Crippen LogP contribution in [0.15, 0.2) is 30.6 Å². The second kappa shape index (κ2) is 6.27. The minimum atomic E-state index is -0.675. The molecule has 0 spiro atoms. The molecule has 0 unspecified atom stereocenters. The first-order chi connectivity index (χ1) is 9.97. The lowest BCUT2D eigenvalue weighted by Crippen LogP contribution is -2.24. The number of pyridine rings is 2. The molecule has 2 rings (SSSR count). The van der Waals surface area contributed by atoms with Crippen molar-refractivity contribution in [2.24, 2.45) is 0 Å². The van der Waals surface area contributed by atoms with Crippen molar-refractivity contribution in [1.29, 1.82) is 0 Å². The van der Waals surface area contributed by atoms with Crippen molar-refractivity contribution in [2.75, 3.05) is 0 Å². The van der Waals surface area contributed by atoms with Crippen LogP contribution >= 0.6 is 11.6 Å². The Kier molecular flexibility index (Phi) is 4.44. The van der Waals surface area contributed by atoms with Crippen molar-refractivity contribution in [3.8, 4) is 0 Å². The van der Waals surface area contributed by atoms with Crippen LogP contribution in [-0.4, -0.2) is 20.8 Å². The molecule has 7 nitrogen and oxygen atoms in total. The predicted octanol–water partition coefficient (Wildman–Crippen LogP) is 2.28. The molecule has 2 aromatic heterocycles. The number of aryl methyl sites for hydroxylation is 1. The van der Waals surface area contributed by atoms with Crippen LogP contribution in [0.4, 0.5) is 5.69 Å². The van der Waals surface area contributed by atoms with Gasteiger partial charge in [-0.15, -0.1) is 0 Å². The molecular formula is C13H11ClN4O3. The predicted molar refractivity (Wildman–Crippen MR) is 76.0 cm³/mol. The average molecular weight is 307 g/mol. The standard InChI is InChI=1S/C13H11ClN4O3/c1-8-2-3-9(5-15-8)6-17-13(19)10-4-12(14)16-7-11(10)18(20)21/h2-5,7H,6H2,1H3,(H,17,19). The van der Waals surface area contributed by atoms with E-state index in [1.165, 1.54) is 6.07 Å². The molecule has 8 heteroatoms. The number of carbonyl (C=O) groups is 1. The molecular weight excluding hydrogens is 296 g/mol. The maximum Gasteiger partial charge on any atom is 0.300 e. The van der Waals surface area contributed by atoms with Gasteiger partial charge in [0.15, 0.2) is 0 Å². The fourth-order valence-electron chi connectivity index (χ4n) is 1.63. The number of hydrogen-bond donors (Lipinski definition) is 1. The van der Waals surface area contributed by atoms with E-state index in [0.717, 1.165) is 17.5 Å². The Bertz CT molecular complexity index is 688. The van der Waals surface area contributed by atoms with Crippen LogP contribution in [0.25, 0.3) is 0 Å². The van der Waals surface area contributed by atoms with Crippen LogP contribution in [0, 0.1) is 17.0 Å². The topological polar surface area (TPSA) is 98.0 Å². The van der Waals surface area contributed by atoms with E-state index in [1.54, 1.807) is 6.20 Å². The fourth-order valence-corrected chi connectivity index (χ4v) is 1.79. The summed E-state index contributed by atoms with van der Waals surface area (Å²) in [4.78, 5) is 30.0. The van der Waals surface area contributed by atoms with Crippen molar-refractivity contribution in [1.82, 2.24) is 15.3 Å². The van der Waals surface area contributed by atoms with E-state index >= 15 is 0 Å². The van der Waals surface area contributed by atoms with Gasteiger partial charge in [0.1, 0.15) is 16.9 Å². The molecule has 0 aliphatic heterocycles. The monoisotopic (exact) mass is 306 g/mol. The number of rotatable bonds is 4. The van der Waals surface area contributed by atoms with Crippen LogP contribution in [-0.2, 0) is 6.54 Å². The van der Waals surface area contributed by atoms with Gasteiger partial charge in [-0.2, -0.15) is 0 Å². The van der Waals surface area contributed by atoms with E-state index in [0.29, 0.717) is 0 Å². The molecule has 0 radical (unpaired) electrons. The average Bonchev–Trinajstić information content (AvgIpc) is 2.46. The zero-order valence-electron chi connectivity index (χ0n) is 11.0. The van der Waals surface area contributed by atoms with E-state index in [4.69, 9.17) is 11.6 Å². The first kappa shape index (κ1) is 14.9. The first-order valence-corrected chi connectivity index (χ1v) is 6.35. The van der Waals surface area contributed by atoms with Gasteiger partial charge in [-0.05, 0) is 24.6 Å². The molecule has 0 saturated carbocycles. The van der Waals surface area contributed by atoms with Crippen LogP contribution in [0.1, 0.15) is 21.6 Å². The van der Waals surface area contributed by atoms with Gasteiger partial charge in [0.05, 0.1) is 4.92 Å². The SMILES string of the molecule is Cc1ccc(CNC(=O)c2cc(Cl)ncc2[N+](=O)[O-])cn1. The maximum absolute atomic E-state index is 12.0. The highest BCUT2D eigenvalue weighted by atomic mass is 35.5. The minimum absolute atomic E-state index is 0.0164. The molecule has 1 N–H and O–H groups in total. The number of amides is 1. The van der Waals surface area contributed by atoms with Gasteiger partial charge >= 0.3 is 0 Å². The third-order valence-corrected chi connectivity index (χ3v) is 2.92. The van der Waals surface area contributed by atoms with E-state index in [9.17, 15) is 14.9 Å². The highest BCUT2D eigenvalue weighted by Crippen LogP contribution is 2.20. The van der Waals surface area contributed by atoms with Crippen molar-refractivity contribution in [3.05, 3.63) is 62.7 Å². The molecule has 21 heavy (non-hydrogen) atoms. The van der Waals surface area contributed by atoms with Gasteiger partial charge in [-0.25, -0.2) is 4.98 Å². The second-order valence-corrected chi connectivity index (χ2v) is 4.66. The Balaban J connectivity index is 2.15. The largest absolute Gasteiger partial charge is 0.348 e. The lowest BCUT2D eigenvalue weighted by molar-refractivity contribution is -0.385. The number of nitrogens with one attached hydrogen (secondary N) is 1. The van der Waals surface area contributed by atoms with Crippen molar-refractivity contribution < 1.29 is 9.72 Å². The molecule has 0 saturated heterocycles. The first-order valence-electron chi connectivity index (χ1n) is 5.97. The van der Waals surface area contributed by atoms with Gasteiger partial charge < -0.3 is 5.32 Å². The highest BCUT2D eigenvalue weighted by Gasteiger charge is 2.21. The number of halogens is 1. The van der Waals surface area contributed by atoms with Gasteiger partial charge in [-0.1, -0.05) is 17.7 Å². The van der Waals surface area contributed by atoms with Crippen LogP contribution in [0.5, 0.6) is 0 Å². The maximum atomic E-state index is 12.0. The molecule has 0 atom stereocenters. The third kappa shape index (κ3) is 3.73. The summed E-state index contributed by atoms with van der Waals surface area (Å²) in [7, 11) is 0. The summed E-state index contributed by atoms with van der Waals surface area (Å²) in [6.45, 7) is 2.06. The summed E-state index contributed by atoms with van der Waals surface area (Å²) < 4.78 is 0. The van der Waals surface area contributed by atoms with E-state index in [-0.39, 0.29) is 22.9 Å². The van der Waals surface area contributed by atoms with Crippen molar-refractivity contribution in [2.45, 2.75) is 13.5 Å². The molecule has 2 heterocycles. The number of aromatic nitrogens is 2. The van der Waals surface area contributed by atoms with Crippen LogP contribution in [0.2, 0.25) is 5.15 Å². The lowest BCUT2D eigenvalue weighted by Gasteiger charge is -2.06. The molecule has 0 fully saturated rings. The second-order valence-electron chi connectivity index (χ2n) is 4.27. The summed E-state index contributed by atoms with van der Waals surface area (Å²) >= 11 is 5.68. The fraction of sp³-hybridized carbons (Fsp3) is 0.154. The van der Waals surface area contributed by atoms with Gasteiger partial charge in [0, 0.05) is 18.4 Å². The number of carbonyl (C=O) groups excluding carboxylic acids is 1. The van der Waals surface area contributed by atoms with E-state index < -0.39 is 10.8 Å². The third-order valence-electron chi connectivity index (χ3n) is 2.72. The summed E-state index contributed by atoms with van der Waals surface area (Å²) in [6, 6.07) is 4.80. The normalized spacial score (nSPS) is 10.2. The van der Waals surface area contributed by atoms with E-state index in [1.807, 2.05) is 19.1 Å². The number of hydrogen-bond acceptors (Lipinski definition) is 5. The summed E-state index contributed by atoms with van der Waals surface area (Å²) in [5.41, 5.74) is 1.14. The smallest absolute Gasteiger partial charge is 0.300 e. The Morgan fingerprint density at radius 3 is 2.76 bits per heavy atom. The Morgan fingerprint density at radius 1 is 1.38 bits per heavy atom. The van der Waals surface area contributed by atoms with E-state index in [2.05, 4.69) is 15.3 Å². The van der Waals surface area contributed by atoms with Crippen molar-refractivity contribution in [3.63, 3.8) is 0 Å². The van der Waals surface area contributed by atoms with Crippen LogP contribution in [0.3, 0.4) is 0 Å². The minimum Gasteiger partial charge on any atom is -0.348 e. The van der Waals surface area contributed by atoms with Crippen molar-refractivity contribution >= 4 is 23.2 Å². The Morgan fingerprint density at radius 2 is 2.14 bits per heavy atom.